The molecule has 1 N–H and O–H groups in total. The number of rotatable bonds is 2. The number of hydrogen-bond donors (Lipinski definition) is 1. The molecule has 0 spiro atoms. The number of hydrogen-bond acceptors (Lipinski definition) is 4. The SMILES string of the molecule is CC1CCN(c2nc3sccn3c2CO)CC1. The third-order valence-electron chi connectivity index (χ3n) is 3.57. The molecule has 1 fully saturated rings. The molecule has 0 aliphatic carbocycles. The summed E-state index contributed by atoms with van der Waals surface area (Å²) in [5.41, 5.74) is 0.927. The zero-order chi connectivity index (χ0) is 11.8. The van der Waals surface area contributed by atoms with Gasteiger partial charge in [0, 0.05) is 24.7 Å². The Hall–Kier alpha value is -1.07. The third kappa shape index (κ3) is 1.83. The highest BCUT2D eigenvalue weighted by molar-refractivity contribution is 7.15. The predicted molar refractivity (Wildman–Crippen MR) is 69.6 cm³/mol. The summed E-state index contributed by atoms with van der Waals surface area (Å²) in [5, 5.41) is 11.5. The zero-order valence-corrected chi connectivity index (χ0v) is 10.8. The first-order valence-electron chi connectivity index (χ1n) is 6.10. The van der Waals surface area contributed by atoms with Gasteiger partial charge in [-0.2, -0.15) is 0 Å². The van der Waals surface area contributed by atoms with Crippen LogP contribution >= 0.6 is 11.3 Å². The lowest BCUT2D eigenvalue weighted by Gasteiger charge is -2.31. The average Bonchev–Trinajstić information content (AvgIpc) is 2.89. The summed E-state index contributed by atoms with van der Waals surface area (Å²) in [4.78, 5) is 7.93. The van der Waals surface area contributed by atoms with Crippen LogP contribution in [0.2, 0.25) is 0 Å². The molecule has 2 aromatic rings. The van der Waals surface area contributed by atoms with Crippen LogP contribution in [0.1, 0.15) is 25.5 Å². The van der Waals surface area contributed by atoms with Gasteiger partial charge in [-0.25, -0.2) is 4.98 Å². The molecule has 92 valence electrons. The monoisotopic (exact) mass is 251 g/mol. The summed E-state index contributed by atoms with van der Waals surface area (Å²) in [6, 6.07) is 0. The van der Waals surface area contributed by atoms with Crippen LogP contribution in [-0.2, 0) is 6.61 Å². The van der Waals surface area contributed by atoms with Crippen LogP contribution in [0.15, 0.2) is 11.6 Å². The summed E-state index contributed by atoms with van der Waals surface area (Å²) in [7, 11) is 0. The van der Waals surface area contributed by atoms with Crippen molar-refractivity contribution in [3.63, 3.8) is 0 Å². The maximum Gasteiger partial charge on any atom is 0.195 e. The summed E-state index contributed by atoms with van der Waals surface area (Å²) in [5.74, 6) is 1.79. The standard InChI is InChI=1S/C12H17N3OS/c1-9-2-4-14(5-3-9)11-10(8-16)15-6-7-17-12(15)13-11/h6-7,9,16H,2-5,8H2,1H3. The van der Waals surface area contributed by atoms with Crippen LogP contribution in [0.25, 0.3) is 4.96 Å². The summed E-state index contributed by atoms with van der Waals surface area (Å²) < 4.78 is 2.00. The molecule has 5 heteroatoms. The van der Waals surface area contributed by atoms with Crippen molar-refractivity contribution in [3.05, 3.63) is 17.3 Å². The second-order valence-corrected chi connectivity index (χ2v) is 5.64. The van der Waals surface area contributed by atoms with Gasteiger partial charge in [-0.3, -0.25) is 4.40 Å². The molecule has 1 saturated heterocycles. The maximum absolute atomic E-state index is 9.52. The summed E-state index contributed by atoms with van der Waals surface area (Å²) in [6.45, 7) is 4.47. The molecule has 17 heavy (non-hydrogen) atoms. The quantitative estimate of drug-likeness (QED) is 0.889. The van der Waals surface area contributed by atoms with Gasteiger partial charge in [0.05, 0.1) is 12.3 Å². The highest BCUT2D eigenvalue weighted by Gasteiger charge is 2.22. The van der Waals surface area contributed by atoms with E-state index in [2.05, 4.69) is 16.8 Å². The van der Waals surface area contributed by atoms with Crippen molar-refractivity contribution in [2.24, 2.45) is 5.92 Å². The molecule has 0 saturated carbocycles. The molecule has 0 unspecified atom stereocenters. The Kier molecular flexibility index (Phi) is 2.80. The number of fused-ring (bicyclic) bond motifs is 1. The normalized spacial score (nSPS) is 18.1. The molecule has 0 bridgehead atoms. The van der Waals surface area contributed by atoms with Crippen molar-refractivity contribution in [1.29, 1.82) is 0 Å². The molecule has 0 atom stereocenters. The van der Waals surface area contributed by atoms with E-state index in [4.69, 9.17) is 0 Å². The van der Waals surface area contributed by atoms with Gasteiger partial charge in [-0.15, -0.1) is 11.3 Å². The van der Waals surface area contributed by atoms with Gasteiger partial charge in [0.1, 0.15) is 0 Å². The van der Waals surface area contributed by atoms with Crippen LogP contribution in [-0.4, -0.2) is 27.6 Å². The third-order valence-corrected chi connectivity index (χ3v) is 4.33. The molecular weight excluding hydrogens is 234 g/mol. The maximum atomic E-state index is 9.52. The molecule has 0 radical (unpaired) electrons. The number of aromatic nitrogens is 2. The van der Waals surface area contributed by atoms with E-state index in [1.807, 2.05) is 16.0 Å². The van der Waals surface area contributed by atoms with Gasteiger partial charge in [-0.05, 0) is 18.8 Å². The Bertz CT molecular complexity index is 511. The number of aliphatic hydroxyl groups is 1. The predicted octanol–water partition coefficient (Wildman–Crippen LogP) is 2.12. The zero-order valence-electron chi connectivity index (χ0n) is 9.96. The second-order valence-electron chi connectivity index (χ2n) is 4.77. The molecular formula is C12H17N3OS. The Labute approximate surface area is 105 Å². The number of nitrogens with zero attached hydrogens (tertiary/aromatic N) is 3. The van der Waals surface area contributed by atoms with Gasteiger partial charge in [0.25, 0.3) is 0 Å². The van der Waals surface area contributed by atoms with Gasteiger partial charge in [0.2, 0.25) is 0 Å². The lowest BCUT2D eigenvalue weighted by molar-refractivity contribution is 0.275. The van der Waals surface area contributed by atoms with Crippen LogP contribution in [0.5, 0.6) is 0 Å². The van der Waals surface area contributed by atoms with Gasteiger partial charge < -0.3 is 10.0 Å². The highest BCUT2D eigenvalue weighted by Crippen LogP contribution is 2.28. The number of imidazole rings is 1. The van der Waals surface area contributed by atoms with Crippen molar-refractivity contribution >= 4 is 22.1 Å². The van der Waals surface area contributed by atoms with Crippen molar-refractivity contribution < 1.29 is 5.11 Å². The summed E-state index contributed by atoms with van der Waals surface area (Å²) >= 11 is 1.62. The lowest BCUT2D eigenvalue weighted by Crippen LogP contribution is -2.33. The van der Waals surface area contributed by atoms with E-state index in [1.165, 1.54) is 12.8 Å². The second kappa shape index (κ2) is 4.31. The minimum absolute atomic E-state index is 0.0548. The number of thiazole rings is 1. The van der Waals surface area contributed by atoms with Gasteiger partial charge >= 0.3 is 0 Å². The van der Waals surface area contributed by atoms with E-state index < -0.39 is 0 Å². The lowest BCUT2D eigenvalue weighted by atomic mass is 9.99. The molecule has 2 aromatic heterocycles. The molecule has 0 amide bonds. The molecule has 4 nitrogen and oxygen atoms in total. The fourth-order valence-electron chi connectivity index (χ4n) is 2.44. The Morgan fingerprint density at radius 2 is 2.24 bits per heavy atom. The summed E-state index contributed by atoms with van der Waals surface area (Å²) in [6.07, 6.45) is 4.42. The number of piperidine rings is 1. The Balaban J connectivity index is 1.96. The van der Waals surface area contributed by atoms with Crippen LogP contribution in [0.4, 0.5) is 5.82 Å². The molecule has 1 aliphatic rings. The van der Waals surface area contributed by atoms with E-state index in [1.54, 1.807) is 11.3 Å². The molecule has 3 rings (SSSR count). The van der Waals surface area contributed by atoms with Crippen molar-refractivity contribution in [3.8, 4) is 0 Å². The Morgan fingerprint density at radius 1 is 1.47 bits per heavy atom. The molecule has 0 aromatic carbocycles. The molecule has 3 heterocycles. The van der Waals surface area contributed by atoms with Crippen molar-refractivity contribution in [2.45, 2.75) is 26.4 Å². The largest absolute Gasteiger partial charge is 0.390 e. The minimum atomic E-state index is 0.0548. The van der Waals surface area contributed by atoms with E-state index in [-0.39, 0.29) is 6.61 Å². The van der Waals surface area contributed by atoms with E-state index in [0.717, 1.165) is 35.5 Å². The molecule has 1 aliphatic heterocycles. The number of aliphatic hydroxyl groups excluding tert-OH is 1. The number of anilines is 1. The van der Waals surface area contributed by atoms with Crippen LogP contribution < -0.4 is 4.90 Å². The van der Waals surface area contributed by atoms with Crippen LogP contribution in [0.3, 0.4) is 0 Å². The van der Waals surface area contributed by atoms with Gasteiger partial charge in [-0.1, -0.05) is 6.92 Å². The first kappa shape index (κ1) is 11.0. The van der Waals surface area contributed by atoms with E-state index in [9.17, 15) is 5.11 Å². The van der Waals surface area contributed by atoms with Crippen LogP contribution in [0, 0.1) is 5.92 Å². The first-order valence-corrected chi connectivity index (χ1v) is 6.98. The average molecular weight is 251 g/mol. The van der Waals surface area contributed by atoms with Gasteiger partial charge in [0.15, 0.2) is 10.8 Å². The van der Waals surface area contributed by atoms with E-state index in [0.29, 0.717) is 0 Å². The fourth-order valence-corrected chi connectivity index (χ4v) is 3.17. The first-order chi connectivity index (χ1) is 8.29. The Morgan fingerprint density at radius 3 is 2.94 bits per heavy atom. The fraction of sp³-hybridized carbons (Fsp3) is 0.583. The smallest absolute Gasteiger partial charge is 0.195 e. The van der Waals surface area contributed by atoms with Crippen molar-refractivity contribution in [1.82, 2.24) is 9.38 Å². The highest BCUT2D eigenvalue weighted by atomic mass is 32.1. The van der Waals surface area contributed by atoms with Crippen molar-refractivity contribution in [2.75, 3.05) is 18.0 Å². The minimum Gasteiger partial charge on any atom is -0.390 e. The van der Waals surface area contributed by atoms with E-state index >= 15 is 0 Å². The topological polar surface area (TPSA) is 40.8 Å².